The van der Waals surface area contributed by atoms with Crippen molar-refractivity contribution in [1.29, 1.82) is 0 Å². The summed E-state index contributed by atoms with van der Waals surface area (Å²) in [6.45, 7) is 0. The van der Waals surface area contributed by atoms with Crippen molar-refractivity contribution < 1.29 is 9.59 Å². The molecule has 0 spiro atoms. The number of benzene rings is 2. The molecule has 34 heavy (non-hydrogen) atoms. The van der Waals surface area contributed by atoms with Gasteiger partial charge < -0.3 is 21.4 Å². The highest BCUT2D eigenvalue weighted by Crippen LogP contribution is 2.38. The predicted octanol–water partition coefficient (Wildman–Crippen LogP) is 5.00. The van der Waals surface area contributed by atoms with E-state index in [-0.39, 0.29) is 11.9 Å². The fourth-order valence-electron chi connectivity index (χ4n) is 3.44. The van der Waals surface area contributed by atoms with E-state index in [9.17, 15) is 9.59 Å². The SMILES string of the molecule is CNC(=O)Nc1nc(N)c(-c2nc(-c3cccc(NC(=O)c4cccc5cc[nH]c45)c3)cs2)s1. The van der Waals surface area contributed by atoms with Crippen molar-refractivity contribution in [3.63, 3.8) is 0 Å². The number of aromatic amines is 1. The minimum absolute atomic E-state index is 0.197. The Morgan fingerprint density at radius 1 is 1.06 bits per heavy atom. The largest absolute Gasteiger partial charge is 0.382 e. The lowest BCUT2D eigenvalue weighted by atomic mass is 10.1. The van der Waals surface area contributed by atoms with Gasteiger partial charge in [-0.15, -0.1) is 11.3 Å². The van der Waals surface area contributed by atoms with Crippen molar-refractivity contribution >= 4 is 62.2 Å². The lowest BCUT2D eigenvalue weighted by molar-refractivity contribution is 0.102. The summed E-state index contributed by atoms with van der Waals surface area (Å²) in [4.78, 5) is 37.1. The van der Waals surface area contributed by atoms with Crippen molar-refractivity contribution in [3.8, 4) is 21.1 Å². The van der Waals surface area contributed by atoms with Crippen LogP contribution in [0.5, 0.6) is 0 Å². The third kappa shape index (κ3) is 4.21. The van der Waals surface area contributed by atoms with Gasteiger partial charge in [0, 0.05) is 35.3 Å². The van der Waals surface area contributed by atoms with Gasteiger partial charge in [0.1, 0.15) is 15.7 Å². The monoisotopic (exact) mass is 489 g/mol. The van der Waals surface area contributed by atoms with Gasteiger partial charge in [0.2, 0.25) is 0 Å². The Labute approximate surface area is 202 Å². The van der Waals surface area contributed by atoms with Crippen molar-refractivity contribution in [3.05, 3.63) is 65.7 Å². The third-order valence-corrected chi connectivity index (χ3v) is 7.03. The number of carbonyl (C=O) groups is 2. The lowest BCUT2D eigenvalue weighted by Crippen LogP contribution is -2.24. The van der Waals surface area contributed by atoms with Crippen LogP contribution in [0.25, 0.3) is 32.0 Å². The molecule has 0 aliphatic heterocycles. The van der Waals surface area contributed by atoms with Gasteiger partial charge in [-0.1, -0.05) is 35.6 Å². The number of nitrogen functional groups attached to an aromatic ring is 1. The van der Waals surface area contributed by atoms with Gasteiger partial charge in [0.05, 0.1) is 16.8 Å². The Kier molecular flexibility index (Phi) is 5.70. The second-order valence-corrected chi connectivity index (χ2v) is 9.11. The molecule has 5 rings (SSSR count). The molecule has 0 bridgehead atoms. The van der Waals surface area contributed by atoms with Gasteiger partial charge in [-0.25, -0.2) is 14.8 Å². The number of thiazole rings is 2. The van der Waals surface area contributed by atoms with Gasteiger partial charge in [0.25, 0.3) is 5.91 Å². The number of para-hydroxylation sites is 1. The van der Waals surface area contributed by atoms with Crippen LogP contribution in [0, 0.1) is 0 Å². The van der Waals surface area contributed by atoms with E-state index in [1.54, 1.807) is 6.07 Å². The number of amides is 3. The molecule has 11 heteroatoms. The first-order valence-electron chi connectivity index (χ1n) is 10.2. The van der Waals surface area contributed by atoms with Crippen LogP contribution in [0.2, 0.25) is 0 Å². The molecule has 3 heterocycles. The average molecular weight is 490 g/mol. The summed E-state index contributed by atoms with van der Waals surface area (Å²) in [7, 11) is 1.53. The van der Waals surface area contributed by atoms with E-state index in [4.69, 9.17) is 10.7 Å². The first kappa shape index (κ1) is 21.6. The zero-order valence-electron chi connectivity index (χ0n) is 17.9. The van der Waals surface area contributed by atoms with Crippen molar-refractivity contribution in [2.24, 2.45) is 0 Å². The summed E-state index contributed by atoms with van der Waals surface area (Å²) in [5.41, 5.74) is 9.68. The van der Waals surface area contributed by atoms with E-state index in [0.717, 1.165) is 22.2 Å². The van der Waals surface area contributed by atoms with E-state index in [1.165, 1.54) is 29.7 Å². The number of aromatic nitrogens is 3. The number of H-pyrrole nitrogens is 1. The first-order valence-corrected chi connectivity index (χ1v) is 11.9. The van der Waals surface area contributed by atoms with Crippen LogP contribution in [0.15, 0.2) is 60.1 Å². The molecule has 0 unspecified atom stereocenters. The number of anilines is 3. The number of hydrogen-bond acceptors (Lipinski definition) is 7. The maximum absolute atomic E-state index is 12.9. The highest BCUT2D eigenvalue weighted by Gasteiger charge is 2.17. The number of nitrogens with one attached hydrogen (secondary N) is 4. The molecule has 0 aliphatic carbocycles. The molecule has 6 N–H and O–H groups in total. The van der Waals surface area contributed by atoms with E-state index in [2.05, 4.69) is 25.9 Å². The smallest absolute Gasteiger partial charge is 0.320 e. The quantitative estimate of drug-likeness (QED) is 0.236. The minimum Gasteiger partial charge on any atom is -0.382 e. The highest BCUT2D eigenvalue weighted by atomic mass is 32.1. The Balaban J connectivity index is 1.37. The van der Waals surface area contributed by atoms with Crippen LogP contribution in [0.3, 0.4) is 0 Å². The number of nitrogens with two attached hydrogens (primary N) is 1. The first-order chi connectivity index (χ1) is 16.5. The van der Waals surface area contributed by atoms with Gasteiger partial charge >= 0.3 is 6.03 Å². The molecule has 2 aromatic carbocycles. The van der Waals surface area contributed by atoms with Crippen LogP contribution >= 0.6 is 22.7 Å². The summed E-state index contributed by atoms with van der Waals surface area (Å²) in [6.07, 6.45) is 1.81. The summed E-state index contributed by atoms with van der Waals surface area (Å²) < 4.78 is 0. The zero-order chi connectivity index (χ0) is 23.7. The van der Waals surface area contributed by atoms with Crippen molar-refractivity contribution in [2.75, 3.05) is 23.4 Å². The molecule has 0 saturated carbocycles. The molecule has 9 nitrogen and oxygen atoms in total. The molecule has 0 atom stereocenters. The van der Waals surface area contributed by atoms with Gasteiger partial charge in [0.15, 0.2) is 5.13 Å². The van der Waals surface area contributed by atoms with E-state index in [0.29, 0.717) is 32.1 Å². The maximum atomic E-state index is 12.9. The average Bonchev–Trinajstić information content (AvgIpc) is 3.58. The van der Waals surface area contributed by atoms with Crippen molar-refractivity contribution in [1.82, 2.24) is 20.3 Å². The molecular formula is C23H19N7O2S2. The number of rotatable bonds is 5. The summed E-state index contributed by atoms with van der Waals surface area (Å²) in [5, 5.41) is 12.1. The van der Waals surface area contributed by atoms with Gasteiger partial charge in [-0.3, -0.25) is 10.1 Å². The number of hydrogen-bond donors (Lipinski definition) is 5. The molecule has 3 aromatic heterocycles. The number of nitrogens with zero attached hydrogens (tertiary/aromatic N) is 2. The van der Waals surface area contributed by atoms with Crippen molar-refractivity contribution in [2.45, 2.75) is 0 Å². The lowest BCUT2D eigenvalue weighted by Gasteiger charge is -2.08. The molecule has 5 aromatic rings. The van der Waals surface area contributed by atoms with Gasteiger partial charge in [-0.05, 0) is 24.3 Å². The Morgan fingerprint density at radius 3 is 2.76 bits per heavy atom. The van der Waals surface area contributed by atoms with Gasteiger partial charge in [-0.2, -0.15) is 0 Å². The second kappa shape index (κ2) is 8.96. The topological polar surface area (TPSA) is 138 Å². The van der Waals surface area contributed by atoms with Crippen LogP contribution in [-0.4, -0.2) is 33.9 Å². The highest BCUT2D eigenvalue weighted by molar-refractivity contribution is 7.23. The number of fused-ring (bicyclic) bond motifs is 1. The summed E-state index contributed by atoms with van der Waals surface area (Å²) >= 11 is 2.68. The summed E-state index contributed by atoms with van der Waals surface area (Å²) in [5.74, 6) is 0.106. The fraction of sp³-hybridized carbons (Fsp3) is 0.0435. The minimum atomic E-state index is -0.369. The van der Waals surface area contributed by atoms with Crippen LogP contribution < -0.4 is 21.7 Å². The van der Waals surface area contributed by atoms with E-state index >= 15 is 0 Å². The second-order valence-electron chi connectivity index (χ2n) is 7.26. The molecule has 0 saturated heterocycles. The molecule has 3 amide bonds. The maximum Gasteiger partial charge on any atom is 0.320 e. The number of carbonyl (C=O) groups excluding carboxylic acids is 2. The van der Waals surface area contributed by atoms with Crippen LogP contribution in [0.4, 0.5) is 21.4 Å². The Morgan fingerprint density at radius 2 is 1.91 bits per heavy atom. The predicted molar refractivity (Wildman–Crippen MR) is 137 cm³/mol. The zero-order valence-corrected chi connectivity index (χ0v) is 19.5. The van der Waals surface area contributed by atoms with Crippen LogP contribution in [0.1, 0.15) is 10.4 Å². The van der Waals surface area contributed by atoms with Crippen LogP contribution in [-0.2, 0) is 0 Å². The van der Waals surface area contributed by atoms with E-state index < -0.39 is 0 Å². The molecule has 0 aliphatic rings. The van der Waals surface area contributed by atoms with E-state index in [1.807, 2.05) is 54.0 Å². The number of urea groups is 1. The fourth-order valence-corrected chi connectivity index (χ4v) is 5.25. The standard InChI is InChI=1S/C23H19N7O2S2/c1-25-22(32)30-23-29-19(24)18(34-23)21-28-16(11-33-21)13-5-2-6-14(10-13)27-20(31)15-7-3-4-12-8-9-26-17(12)15/h2-11,26H,24H2,1H3,(H,27,31)(H2,25,29,30,32). The molecule has 0 fully saturated rings. The Bertz CT molecular complexity index is 1520. The third-order valence-electron chi connectivity index (χ3n) is 5.05. The molecule has 170 valence electrons. The molecule has 0 radical (unpaired) electrons. The summed E-state index contributed by atoms with van der Waals surface area (Å²) in [6, 6.07) is 14.7. The normalized spacial score (nSPS) is 10.9. The molecular weight excluding hydrogens is 470 g/mol. The Hall–Kier alpha value is -4.22.